The quantitative estimate of drug-likeness (QED) is 0.499. The molecule has 0 radical (unpaired) electrons. The summed E-state index contributed by atoms with van der Waals surface area (Å²) in [7, 11) is 1.70. The molecule has 4 N–H and O–H groups in total. The van der Waals surface area contributed by atoms with Gasteiger partial charge in [-0.3, -0.25) is 0 Å². The summed E-state index contributed by atoms with van der Waals surface area (Å²) < 4.78 is 10.8. The topological polar surface area (TPSA) is 70.5 Å². The van der Waals surface area contributed by atoms with Gasteiger partial charge >= 0.3 is 0 Å². The minimum absolute atomic E-state index is 0.246. The van der Waals surface area contributed by atoms with Gasteiger partial charge in [-0.25, -0.2) is 0 Å². The number of allylic oxidation sites excluding steroid dienone is 2. The summed E-state index contributed by atoms with van der Waals surface area (Å²) >= 11 is 0. The fourth-order valence-corrected chi connectivity index (χ4v) is 1.65. The molecule has 0 aliphatic carbocycles. The van der Waals surface area contributed by atoms with Crippen molar-refractivity contribution in [3.05, 3.63) is 22.5 Å². The van der Waals surface area contributed by atoms with Gasteiger partial charge in [0.2, 0.25) is 0 Å². The second-order valence-electron chi connectivity index (χ2n) is 5.05. The molecule has 0 fully saturated rings. The van der Waals surface area contributed by atoms with Crippen LogP contribution in [-0.4, -0.2) is 26.9 Å². The van der Waals surface area contributed by atoms with Crippen LogP contribution >= 0.6 is 0 Å². The molecular formula is C15H30N2O2. The zero-order valence-corrected chi connectivity index (χ0v) is 13.1. The van der Waals surface area contributed by atoms with Crippen molar-refractivity contribution in [2.75, 3.05) is 26.9 Å². The Bertz CT molecular complexity index is 320. The second-order valence-corrected chi connectivity index (χ2v) is 5.05. The fraction of sp³-hybridized carbons (Fsp3) is 0.733. The predicted molar refractivity (Wildman–Crippen MR) is 80.5 cm³/mol. The second kappa shape index (κ2) is 9.87. The molecule has 0 aromatic heterocycles. The molecule has 19 heavy (non-hydrogen) atoms. The van der Waals surface area contributed by atoms with Gasteiger partial charge in [0.15, 0.2) is 0 Å². The Balaban J connectivity index is 5.04. The number of methoxy groups -OCH3 is 1. The van der Waals surface area contributed by atoms with Crippen LogP contribution in [0, 0.1) is 5.92 Å². The Hall–Kier alpha value is -1.00. The van der Waals surface area contributed by atoms with Crippen LogP contribution in [0.2, 0.25) is 0 Å². The maximum absolute atomic E-state index is 6.14. The van der Waals surface area contributed by atoms with Crippen LogP contribution in [0.25, 0.3) is 0 Å². The van der Waals surface area contributed by atoms with E-state index in [1.165, 1.54) is 0 Å². The third-order valence-corrected chi connectivity index (χ3v) is 3.10. The summed E-state index contributed by atoms with van der Waals surface area (Å²) in [6.07, 6.45) is 1.83. The van der Waals surface area contributed by atoms with E-state index in [1.807, 2.05) is 20.8 Å². The van der Waals surface area contributed by atoms with E-state index in [-0.39, 0.29) is 5.92 Å². The van der Waals surface area contributed by atoms with Gasteiger partial charge in [-0.1, -0.05) is 20.8 Å². The SMILES string of the molecule is CCCOC/C(CCOC)=C(C)/C(N)=C(/N)C(C)C. The lowest BCUT2D eigenvalue weighted by atomic mass is 10.00. The smallest absolute Gasteiger partial charge is 0.0683 e. The maximum atomic E-state index is 6.14. The van der Waals surface area contributed by atoms with E-state index in [9.17, 15) is 0 Å². The maximum Gasteiger partial charge on any atom is 0.0683 e. The monoisotopic (exact) mass is 270 g/mol. The van der Waals surface area contributed by atoms with Gasteiger partial charge in [0.1, 0.15) is 0 Å². The molecule has 0 amide bonds. The first-order valence-electron chi connectivity index (χ1n) is 6.96. The van der Waals surface area contributed by atoms with E-state index in [0.717, 1.165) is 36.3 Å². The van der Waals surface area contributed by atoms with Crippen molar-refractivity contribution >= 4 is 0 Å². The van der Waals surface area contributed by atoms with Crippen molar-refractivity contribution in [3.63, 3.8) is 0 Å². The van der Waals surface area contributed by atoms with Gasteiger partial charge in [-0.15, -0.1) is 0 Å². The van der Waals surface area contributed by atoms with E-state index in [1.54, 1.807) is 7.11 Å². The molecule has 4 heteroatoms. The average molecular weight is 270 g/mol. The molecule has 0 atom stereocenters. The Labute approximate surface area is 117 Å². The highest BCUT2D eigenvalue weighted by Gasteiger charge is 2.10. The van der Waals surface area contributed by atoms with Crippen molar-refractivity contribution < 1.29 is 9.47 Å². The molecule has 0 saturated carbocycles. The molecule has 0 unspecified atom stereocenters. The molecule has 4 nitrogen and oxygen atoms in total. The minimum Gasteiger partial charge on any atom is -0.400 e. The summed E-state index contributed by atoms with van der Waals surface area (Å²) in [5.41, 5.74) is 15.8. The fourth-order valence-electron chi connectivity index (χ4n) is 1.65. The summed E-state index contributed by atoms with van der Waals surface area (Å²) in [6.45, 7) is 10.2. The van der Waals surface area contributed by atoms with Gasteiger partial charge in [0.25, 0.3) is 0 Å². The third-order valence-electron chi connectivity index (χ3n) is 3.10. The zero-order chi connectivity index (χ0) is 14.8. The molecule has 0 heterocycles. The molecule has 112 valence electrons. The molecule has 0 aliphatic heterocycles. The van der Waals surface area contributed by atoms with Crippen LogP contribution < -0.4 is 11.5 Å². The highest BCUT2D eigenvalue weighted by molar-refractivity contribution is 5.35. The molecular weight excluding hydrogens is 240 g/mol. The van der Waals surface area contributed by atoms with Crippen LogP contribution in [0.3, 0.4) is 0 Å². The normalized spacial score (nSPS) is 14.4. The molecule has 0 rings (SSSR count). The number of rotatable bonds is 9. The molecule has 0 aliphatic rings. The van der Waals surface area contributed by atoms with Crippen molar-refractivity contribution in [3.8, 4) is 0 Å². The molecule has 0 bridgehead atoms. The van der Waals surface area contributed by atoms with Crippen LogP contribution in [0.4, 0.5) is 0 Å². The van der Waals surface area contributed by atoms with Crippen molar-refractivity contribution in [1.29, 1.82) is 0 Å². The van der Waals surface area contributed by atoms with Gasteiger partial charge in [0, 0.05) is 19.4 Å². The molecule has 0 saturated heterocycles. The highest BCUT2D eigenvalue weighted by atomic mass is 16.5. The first-order valence-corrected chi connectivity index (χ1v) is 6.96. The third kappa shape index (κ3) is 6.64. The number of ether oxygens (including phenoxy) is 2. The largest absolute Gasteiger partial charge is 0.400 e. The molecule has 0 aromatic carbocycles. The first kappa shape index (κ1) is 18.0. The van der Waals surface area contributed by atoms with Crippen LogP contribution in [-0.2, 0) is 9.47 Å². The van der Waals surface area contributed by atoms with E-state index in [4.69, 9.17) is 20.9 Å². The number of nitrogens with two attached hydrogens (primary N) is 2. The van der Waals surface area contributed by atoms with Gasteiger partial charge < -0.3 is 20.9 Å². The minimum atomic E-state index is 0.246. The Morgan fingerprint density at radius 1 is 1.16 bits per heavy atom. The summed E-state index contributed by atoms with van der Waals surface area (Å²) in [5.74, 6) is 0.246. The summed E-state index contributed by atoms with van der Waals surface area (Å²) in [4.78, 5) is 0. The zero-order valence-electron chi connectivity index (χ0n) is 13.1. The van der Waals surface area contributed by atoms with Gasteiger partial charge in [-0.05, 0) is 36.8 Å². The Morgan fingerprint density at radius 3 is 2.26 bits per heavy atom. The first-order chi connectivity index (χ1) is 8.95. The van der Waals surface area contributed by atoms with Gasteiger partial charge in [-0.2, -0.15) is 0 Å². The van der Waals surface area contributed by atoms with Crippen molar-refractivity contribution in [2.24, 2.45) is 17.4 Å². The average Bonchev–Trinajstić information content (AvgIpc) is 2.40. The van der Waals surface area contributed by atoms with Crippen molar-refractivity contribution in [1.82, 2.24) is 0 Å². The standard InChI is InChI=1S/C15H30N2O2/c1-6-8-19-10-13(7-9-18-5)12(4)15(17)14(16)11(2)3/h11H,6-10,16-17H2,1-5H3/b13-12+,15-14-. The number of hydrogen-bond acceptors (Lipinski definition) is 4. The lowest BCUT2D eigenvalue weighted by Crippen LogP contribution is -2.17. The van der Waals surface area contributed by atoms with E-state index in [2.05, 4.69) is 6.92 Å². The summed E-state index contributed by atoms with van der Waals surface area (Å²) in [5, 5.41) is 0. The highest BCUT2D eigenvalue weighted by Crippen LogP contribution is 2.18. The van der Waals surface area contributed by atoms with E-state index in [0.29, 0.717) is 18.9 Å². The lowest BCUT2D eigenvalue weighted by molar-refractivity contribution is 0.146. The van der Waals surface area contributed by atoms with E-state index < -0.39 is 0 Å². The van der Waals surface area contributed by atoms with E-state index >= 15 is 0 Å². The Morgan fingerprint density at radius 2 is 1.79 bits per heavy atom. The predicted octanol–water partition coefficient (Wildman–Crippen LogP) is 2.55. The number of hydrogen-bond donors (Lipinski definition) is 2. The van der Waals surface area contributed by atoms with Crippen LogP contribution in [0.1, 0.15) is 40.5 Å². The van der Waals surface area contributed by atoms with Gasteiger partial charge in [0.05, 0.1) is 18.9 Å². The van der Waals surface area contributed by atoms with Crippen LogP contribution in [0.5, 0.6) is 0 Å². The summed E-state index contributed by atoms with van der Waals surface area (Å²) in [6, 6.07) is 0. The van der Waals surface area contributed by atoms with Crippen LogP contribution in [0.15, 0.2) is 22.5 Å². The lowest BCUT2D eigenvalue weighted by Gasteiger charge is -2.16. The molecule has 0 spiro atoms. The molecule has 0 aromatic rings. The Kier molecular flexibility index (Phi) is 9.35. The van der Waals surface area contributed by atoms with Crippen molar-refractivity contribution in [2.45, 2.75) is 40.5 Å².